The second-order valence-electron chi connectivity index (χ2n) is 6.13. The number of nitriles is 1. The number of amides is 1. The fourth-order valence-corrected chi connectivity index (χ4v) is 4.34. The first kappa shape index (κ1) is 15.1. The first-order valence-corrected chi connectivity index (χ1v) is 8.45. The molecule has 2 fully saturated rings. The minimum Gasteiger partial charge on any atom is -0.465 e. The van der Waals surface area contributed by atoms with Gasteiger partial charge in [0.25, 0.3) is 0 Å². The van der Waals surface area contributed by atoms with Gasteiger partial charge in [-0.25, -0.2) is 9.78 Å². The molecule has 9 nitrogen and oxygen atoms in total. The first-order valence-electron chi connectivity index (χ1n) is 7.66. The molecule has 2 aliphatic rings. The molecule has 4 heterocycles. The van der Waals surface area contributed by atoms with Crippen molar-refractivity contribution in [1.82, 2.24) is 25.5 Å². The van der Waals surface area contributed by atoms with Crippen molar-refractivity contribution in [2.24, 2.45) is 0 Å². The summed E-state index contributed by atoms with van der Waals surface area (Å²) in [6.45, 7) is 0. The van der Waals surface area contributed by atoms with E-state index in [1.807, 2.05) is 0 Å². The number of hydrogen-bond donors (Lipinski definition) is 3. The van der Waals surface area contributed by atoms with Gasteiger partial charge in [-0.05, 0) is 41.6 Å². The number of anilines is 1. The van der Waals surface area contributed by atoms with Crippen LogP contribution >= 0.6 is 15.9 Å². The van der Waals surface area contributed by atoms with Crippen molar-refractivity contribution < 1.29 is 9.90 Å². The minimum atomic E-state index is -0.986. The summed E-state index contributed by atoms with van der Waals surface area (Å²) in [7, 11) is 0. The maximum absolute atomic E-state index is 10.9. The molecule has 0 saturated carbocycles. The maximum atomic E-state index is 10.9. The highest BCUT2D eigenvalue weighted by molar-refractivity contribution is 9.10. The number of aromatic amines is 1. The molecule has 0 aliphatic carbocycles. The molecule has 0 aromatic carbocycles. The molecule has 2 aromatic heterocycles. The van der Waals surface area contributed by atoms with Gasteiger partial charge in [-0.2, -0.15) is 15.3 Å². The van der Waals surface area contributed by atoms with Crippen LogP contribution in [0, 0.1) is 11.3 Å². The van der Waals surface area contributed by atoms with E-state index >= 15 is 0 Å². The Morgan fingerprint density at radius 1 is 1.38 bits per heavy atom. The molecule has 0 radical (unpaired) electrons. The van der Waals surface area contributed by atoms with Gasteiger partial charge < -0.3 is 15.3 Å². The molecule has 3 N–H and O–H groups in total. The highest BCUT2D eigenvalue weighted by Crippen LogP contribution is 2.38. The average molecular weight is 392 g/mol. The summed E-state index contributed by atoms with van der Waals surface area (Å²) >= 11 is 3.29. The lowest BCUT2D eigenvalue weighted by molar-refractivity contribution is 0.185. The summed E-state index contributed by atoms with van der Waals surface area (Å²) in [6, 6.07) is 2.41. The van der Waals surface area contributed by atoms with Crippen LogP contribution in [0.5, 0.6) is 0 Å². The average Bonchev–Trinajstić information content (AvgIpc) is 3.04. The third kappa shape index (κ3) is 2.36. The van der Waals surface area contributed by atoms with Gasteiger partial charge >= 0.3 is 6.09 Å². The van der Waals surface area contributed by atoms with Crippen LogP contribution in [0.25, 0.3) is 11.0 Å². The van der Waals surface area contributed by atoms with Crippen molar-refractivity contribution in [1.29, 1.82) is 5.26 Å². The quantitative estimate of drug-likeness (QED) is 0.710. The Kier molecular flexibility index (Phi) is 3.53. The molecule has 2 atom stereocenters. The predicted molar refractivity (Wildman–Crippen MR) is 87.6 cm³/mol. The molecule has 0 spiro atoms. The van der Waals surface area contributed by atoms with E-state index in [1.165, 1.54) is 0 Å². The van der Waals surface area contributed by atoms with E-state index in [4.69, 9.17) is 5.11 Å². The smallest absolute Gasteiger partial charge is 0.404 e. The lowest BCUT2D eigenvalue weighted by Crippen LogP contribution is -2.50. The van der Waals surface area contributed by atoms with Gasteiger partial charge in [0, 0.05) is 18.1 Å². The van der Waals surface area contributed by atoms with Crippen LogP contribution < -0.4 is 10.2 Å². The molecule has 124 valence electrons. The molecular weight excluding hydrogens is 378 g/mol. The number of H-pyrrole nitrogens is 1. The number of aromatic nitrogens is 4. The Morgan fingerprint density at radius 3 is 2.71 bits per heavy atom. The topological polar surface area (TPSA) is 131 Å². The van der Waals surface area contributed by atoms with E-state index < -0.39 is 6.09 Å². The van der Waals surface area contributed by atoms with Crippen LogP contribution in [0.1, 0.15) is 31.4 Å². The van der Waals surface area contributed by atoms with Gasteiger partial charge in [0.05, 0.1) is 5.39 Å². The van der Waals surface area contributed by atoms with E-state index in [9.17, 15) is 10.1 Å². The molecule has 4 rings (SSSR count). The molecule has 10 heteroatoms. The van der Waals surface area contributed by atoms with Crippen LogP contribution in [0.3, 0.4) is 0 Å². The molecule has 2 unspecified atom stereocenters. The van der Waals surface area contributed by atoms with E-state index in [1.54, 1.807) is 0 Å². The summed E-state index contributed by atoms with van der Waals surface area (Å²) in [5.74, 6) is 0.511. The third-order valence-electron chi connectivity index (χ3n) is 4.76. The molecule has 24 heavy (non-hydrogen) atoms. The predicted octanol–water partition coefficient (Wildman–Crippen LogP) is 1.75. The largest absolute Gasteiger partial charge is 0.465 e. The maximum Gasteiger partial charge on any atom is 0.404 e. The third-order valence-corrected chi connectivity index (χ3v) is 5.33. The van der Waals surface area contributed by atoms with Crippen molar-refractivity contribution in [2.75, 3.05) is 4.90 Å². The van der Waals surface area contributed by atoms with Crippen molar-refractivity contribution >= 4 is 39.0 Å². The second kappa shape index (κ2) is 5.59. The van der Waals surface area contributed by atoms with Gasteiger partial charge in [0.2, 0.25) is 5.95 Å². The summed E-state index contributed by atoms with van der Waals surface area (Å²) in [5.41, 5.74) is 0.800. The normalized spacial score (nSPS) is 25.7. The van der Waals surface area contributed by atoms with Crippen molar-refractivity contribution in [2.45, 2.75) is 43.8 Å². The number of nitrogens with one attached hydrogen (secondary N) is 2. The Balaban J connectivity index is 1.69. The van der Waals surface area contributed by atoms with Crippen LogP contribution in [0.2, 0.25) is 0 Å². The molecular formula is C14H14BrN7O2. The number of carbonyl (C=O) groups is 1. The Bertz CT molecular complexity index is 847. The Labute approximate surface area is 145 Å². The van der Waals surface area contributed by atoms with Crippen LogP contribution in [0.4, 0.5) is 10.7 Å². The van der Waals surface area contributed by atoms with Crippen LogP contribution in [-0.4, -0.2) is 49.5 Å². The van der Waals surface area contributed by atoms with E-state index in [0.29, 0.717) is 21.6 Å². The zero-order valence-corrected chi connectivity index (χ0v) is 14.1. The van der Waals surface area contributed by atoms with Crippen molar-refractivity contribution in [3.05, 3.63) is 10.3 Å². The zero-order chi connectivity index (χ0) is 16.8. The number of piperidine rings is 1. The second-order valence-corrected chi connectivity index (χ2v) is 6.88. The monoisotopic (exact) mass is 391 g/mol. The summed E-state index contributed by atoms with van der Waals surface area (Å²) in [5, 5.41) is 28.3. The summed E-state index contributed by atoms with van der Waals surface area (Å²) in [4.78, 5) is 22.0. The highest BCUT2D eigenvalue weighted by atomic mass is 79.9. The number of fused-ring (bicyclic) bond motifs is 3. The van der Waals surface area contributed by atoms with Gasteiger partial charge in [-0.1, -0.05) is 0 Å². The summed E-state index contributed by atoms with van der Waals surface area (Å²) in [6.07, 6.45) is 2.40. The first-order chi connectivity index (χ1) is 11.6. The van der Waals surface area contributed by atoms with E-state index in [0.717, 1.165) is 25.7 Å². The van der Waals surface area contributed by atoms with Gasteiger partial charge in [0.1, 0.15) is 10.7 Å². The minimum absolute atomic E-state index is 0.0447. The van der Waals surface area contributed by atoms with Gasteiger partial charge in [0.15, 0.2) is 11.3 Å². The number of halogens is 1. The summed E-state index contributed by atoms with van der Waals surface area (Å²) < 4.78 is 0.521. The number of carboxylic acid groups (broad SMARTS) is 1. The molecule has 2 aliphatic heterocycles. The lowest BCUT2D eigenvalue weighted by Gasteiger charge is -2.38. The lowest BCUT2D eigenvalue weighted by atomic mass is 9.98. The zero-order valence-electron chi connectivity index (χ0n) is 12.5. The Morgan fingerprint density at radius 2 is 2.08 bits per heavy atom. The number of nitrogens with zero attached hydrogens (tertiary/aromatic N) is 5. The van der Waals surface area contributed by atoms with Gasteiger partial charge in [-0.15, -0.1) is 0 Å². The molecule has 2 bridgehead atoms. The van der Waals surface area contributed by atoms with Crippen LogP contribution in [0.15, 0.2) is 4.60 Å². The van der Waals surface area contributed by atoms with Gasteiger partial charge in [-0.3, -0.25) is 5.10 Å². The number of hydrogen-bond acceptors (Lipinski definition) is 6. The molecule has 2 saturated heterocycles. The number of rotatable bonds is 2. The van der Waals surface area contributed by atoms with E-state index in [2.05, 4.69) is 52.4 Å². The highest BCUT2D eigenvalue weighted by Gasteiger charge is 2.42. The van der Waals surface area contributed by atoms with E-state index in [-0.39, 0.29) is 23.8 Å². The Hall–Kier alpha value is -2.41. The molecule has 1 amide bonds. The van der Waals surface area contributed by atoms with Crippen molar-refractivity contribution in [3.8, 4) is 6.07 Å². The molecule has 2 aromatic rings. The standard InChI is InChI=1S/C14H14BrN7O2/c15-11-10-9(5-16)18-13(19-12(10)21-20-11)22-7-1-2-8(22)4-6(3-7)17-14(23)24/h6-8,17H,1-4H2,(H,23,24)(H,18,19,20,21). The fraction of sp³-hybridized carbons (Fsp3) is 0.500. The SMILES string of the molecule is N#Cc1nc(N2C3CCC2CC(NC(=O)O)C3)nc2[nH]nc(Br)c12. The van der Waals surface area contributed by atoms with Crippen LogP contribution in [-0.2, 0) is 0 Å². The van der Waals surface area contributed by atoms with Crippen molar-refractivity contribution in [3.63, 3.8) is 0 Å². The fourth-order valence-electron chi connectivity index (χ4n) is 3.88.